The molecule has 1 aromatic heterocycles. The zero-order chi connectivity index (χ0) is 11.3. The molecule has 1 saturated carbocycles. The Kier molecular flexibility index (Phi) is 2.10. The Morgan fingerprint density at radius 2 is 2.19 bits per heavy atom. The van der Waals surface area contributed by atoms with Gasteiger partial charge < -0.3 is 4.57 Å². The summed E-state index contributed by atoms with van der Waals surface area (Å²) in [5.74, 6) is -0.871. The van der Waals surface area contributed by atoms with Gasteiger partial charge in [0.15, 0.2) is 0 Å². The molecule has 0 bridgehead atoms. The van der Waals surface area contributed by atoms with Crippen molar-refractivity contribution >= 4 is 0 Å². The van der Waals surface area contributed by atoms with E-state index in [-0.39, 0.29) is 18.8 Å². The number of fused-ring (bicyclic) bond motifs is 1. The van der Waals surface area contributed by atoms with E-state index in [1.54, 1.807) is 0 Å². The quantitative estimate of drug-likeness (QED) is 0.719. The third kappa shape index (κ3) is 1.55. The number of alkyl halides is 2. The summed E-state index contributed by atoms with van der Waals surface area (Å²) in [6.07, 6.45) is 4.02. The van der Waals surface area contributed by atoms with E-state index >= 15 is 0 Å². The standard InChI is InChI=1S/C12H16F2N2/c1-8-2-3-16-10(4-8)7-15-11(16)9-5-12(13,14)6-9/h7-9H,2-6H2,1H3. The maximum Gasteiger partial charge on any atom is 0.249 e. The van der Waals surface area contributed by atoms with E-state index < -0.39 is 5.92 Å². The second-order valence-corrected chi connectivity index (χ2v) is 5.32. The molecular weight excluding hydrogens is 210 g/mol. The molecule has 2 nitrogen and oxygen atoms in total. The van der Waals surface area contributed by atoms with Crippen molar-refractivity contribution < 1.29 is 8.78 Å². The molecule has 88 valence electrons. The minimum absolute atomic E-state index is 0.0149. The average molecular weight is 226 g/mol. The summed E-state index contributed by atoms with van der Waals surface area (Å²) in [4.78, 5) is 4.35. The summed E-state index contributed by atoms with van der Waals surface area (Å²) < 4.78 is 27.8. The molecule has 1 aliphatic heterocycles. The van der Waals surface area contributed by atoms with E-state index in [2.05, 4.69) is 16.5 Å². The maximum atomic E-state index is 12.8. The van der Waals surface area contributed by atoms with Crippen molar-refractivity contribution in [1.29, 1.82) is 0 Å². The predicted octanol–water partition coefficient (Wildman–Crippen LogP) is 2.98. The molecule has 0 N–H and O–H groups in total. The van der Waals surface area contributed by atoms with E-state index in [4.69, 9.17) is 0 Å². The first-order valence-corrected chi connectivity index (χ1v) is 5.97. The Balaban J connectivity index is 1.82. The van der Waals surface area contributed by atoms with Gasteiger partial charge in [0.2, 0.25) is 5.92 Å². The van der Waals surface area contributed by atoms with Gasteiger partial charge in [-0.3, -0.25) is 0 Å². The molecule has 1 unspecified atom stereocenters. The minimum Gasteiger partial charge on any atom is -0.332 e. The van der Waals surface area contributed by atoms with E-state index in [1.807, 2.05) is 6.20 Å². The van der Waals surface area contributed by atoms with Crippen LogP contribution in [0.2, 0.25) is 0 Å². The number of aromatic nitrogens is 2. The molecule has 1 aromatic rings. The van der Waals surface area contributed by atoms with Gasteiger partial charge in [-0.1, -0.05) is 6.92 Å². The molecule has 16 heavy (non-hydrogen) atoms. The third-order valence-corrected chi connectivity index (χ3v) is 3.83. The molecule has 0 spiro atoms. The zero-order valence-corrected chi connectivity index (χ0v) is 9.42. The van der Waals surface area contributed by atoms with Gasteiger partial charge in [0.25, 0.3) is 0 Å². The van der Waals surface area contributed by atoms with Crippen molar-refractivity contribution in [3.8, 4) is 0 Å². The van der Waals surface area contributed by atoms with E-state index in [1.165, 1.54) is 5.69 Å². The van der Waals surface area contributed by atoms with Crippen LogP contribution in [-0.4, -0.2) is 15.5 Å². The van der Waals surface area contributed by atoms with Crippen molar-refractivity contribution in [1.82, 2.24) is 9.55 Å². The highest BCUT2D eigenvalue weighted by Crippen LogP contribution is 2.48. The zero-order valence-electron chi connectivity index (χ0n) is 9.42. The highest BCUT2D eigenvalue weighted by atomic mass is 19.3. The maximum absolute atomic E-state index is 12.8. The lowest BCUT2D eigenvalue weighted by molar-refractivity contribution is -0.0892. The molecular formula is C12H16F2N2. The Morgan fingerprint density at radius 3 is 2.88 bits per heavy atom. The molecule has 0 aromatic carbocycles. The Bertz CT molecular complexity index is 403. The van der Waals surface area contributed by atoms with E-state index in [0.29, 0.717) is 5.92 Å². The molecule has 4 heteroatoms. The van der Waals surface area contributed by atoms with Crippen LogP contribution in [0.1, 0.15) is 43.6 Å². The smallest absolute Gasteiger partial charge is 0.249 e. The van der Waals surface area contributed by atoms with Crippen LogP contribution in [0.25, 0.3) is 0 Å². The van der Waals surface area contributed by atoms with Gasteiger partial charge in [-0.05, 0) is 18.8 Å². The van der Waals surface area contributed by atoms with E-state index in [9.17, 15) is 8.78 Å². The average Bonchev–Trinajstić information content (AvgIpc) is 2.56. The topological polar surface area (TPSA) is 17.8 Å². The van der Waals surface area contributed by atoms with Crippen LogP contribution in [0, 0.1) is 5.92 Å². The Morgan fingerprint density at radius 1 is 1.44 bits per heavy atom. The van der Waals surface area contributed by atoms with Crippen LogP contribution in [-0.2, 0) is 13.0 Å². The van der Waals surface area contributed by atoms with Gasteiger partial charge >= 0.3 is 0 Å². The molecule has 0 amide bonds. The molecule has 1 fully saturated rings. The van der Waals surface area contributed by atoms with Crippen LogP contribution < -0.4 is 0 Å². The molecule has 2 heterocycles. The number of rotatable bonds is 1. The van der Waals surface area contributed by atoms with Crippen molar-refractivity contribution in [3.05, 3.63) is 17.7 Å². The normalized spacial score (nSPS) is 28.6. The first-order chi connectivity index (χ1) is 7.55. The van der Waals surface area contributed by atoms with Crippen molar-refractivity contribution in [2.75, 3.05) is 0 Å². The largest absolute Gasteiger partial charge is 0.332 e. The lowest BCUT2D eigenvalue weighted by Crippen LogP contribution is -2.35. The fourth-order valence-electron chi connectivity index (χ4n) is 2.83. The molecule has 0 radical (unpaired) electrons. The summed E-state index contributed by atoms with van der Waals surface area (Å²) in [5, 5.41) is 0. The monoisotopic (exact) mass is 226 g/mol. The van der Waals surface area contributed by atoms with Crippen molar-refractivity contribution in [2.45, 2.75) is 51.0 Å². The van der Waals surface area contributed by atoms with Gasteiger partial charge in [0.1, 0.15) is 5.82 Å². The van der Waals surface area contributed by atoms with Gasteiger partial charge in [-0.2, -0.15) is 0 Å². The summed E-state index contributed by atoms with van der Waals surface area (Å²) in [5.41, 5.74) is 1.23. The lowest BCUT2D eigenvalue weighted by atomic mass is 9.80. The number of hydrogen-bond donors (Lipinski definition) is 0. The van der Waals surface area contributed by atoms with Gasteiger partial charge in [0.05, 0.1) is 0 Å². The number of imidazole rings is 1. The Labute approximate surface area is 93.7 Å². The summed E-state index contributed by atoms with van der Waals surface area (Å²) >= 11 is 0. The molecule has 1 atom stereocenters. The lowest BCUT2D eigenvalue weighted by Gasteiger charge is -2.35. The van der Waals surface area contributed by atoms with Crippen LogP contribution in [0.4, 0.5) is 8.78 Å². The number of hydrogen-bond acceptors (Lipinski definition) is 1. The summed E-state index contributed by atoms with van der Waals surface area (Å²) in [7, 11) is 0. The van der Waals surface area contributed by atoms with Gasteiger partial charge in [-0.25, -0.2) is 13.8 Å². The van der Waals surface area contributed by atoms with Crippen LogP contribution >= 0.6 is 0 Å². The minimum atomic E-state index is -2.45. The molecule has 0 saturated heterocycles. The first kappa shape index (κ1) is 10.2. The number of nitrogens with zero attached hydrogens (tertiary/aromatic N) is 2. The van der Waals surface area contributed by atoms with Crippen molar-refractivity contribution in [2.24, 2.45) is 5.92 Å². The van der Waals surface area contributed by atoms with Crippen LogP contribution in [0.5, 0.6) is 0 Å². The van der Waals surface area contributed by atoms with Crippen LogP contribution in [0.15, 0.2) is 6.20 Å². The van der Waals surface area contributed by atoms with Crippen LogP contribution in [0.3, 0.4) is 0 Å². The first-order valence-electron chi connectivity index (χ1n) is 5.97. The fourth-order valence-corrected chi connectivity index (χ4v) is 2.83. The second kappa shape index (κ2) is 3.28. The van der Waals surface area contributed by atoms with Gasteiger partial charge in [-0.15, -0.1) is 0 Å². The fraction of sp³-hybridized carbons (Fsp3) is 0.750. The second-order valence-electron chi connectivity index (χ2n) is 5.32. The van der Waals surface area contributed by atoms with Crippen molar-refractivity contribution in [3.63, 3.8) is 0 Å². The third-order valence-electron chi connectivity index (χ3n) is 3.83. The Hall–Kier alpha value is -0.930. The van der Waals surface area contributed by atoms with E-state index in [0.717, 1.165) is 25.2 Å². The van der Waals surface area contributed by atoms with Gasteiger partial charge in [0, 0.05) is 37.2 Å². The summed E-state index contributed by atoms with van der Waals surface area (Å²) in [6, 6.07) is 0. The molecule has 3 rings (SSSR count). The molecule has 1 aliphatic carbocycles. The molecule has 2 aliphatic rings. The predicted molar refractivity (Wildman–Crippen MR) is 56.6 cm³/mol. The SMILES string of the molecule is CC1CCn2c(cnc2C2CC(F)(F)C2)C1. The highest BCUT2D eigenvalue weighted by molar-refractivity contribution is 5.16. The summed E-state index contributed by atoms with van der Waals surface area (Å²) in [6.45, 7) is 3.18. The number of halogens is 2. The highest BCUT2D eigenvalue weighted by Gasteiger charge is 2.47.